The normalized spacial score (nSPS) is 9.92. The zero-order valence-electron chi connectivity index (χ0n) is 7.02. The number of rotatable bonds is 2. The van der Waals surface area contributed by atoms with Crippen molar-refractivity contribution in [2.24, 2.45) is 0 Å². The van der Waals surface area contributed by atoms with Crippen LogP contribution in [0.5, 0.6) is 0 Å². The summed E-state index contributed by atoms with van der Waals surface area (Å²) >= 11 is 0. The lowest BCUT2D eigenvalue weighted by molar-refractivity contribution is 0.465. The molecule has 68 valence electrons. The highest BCUT2D eigenvalue weighted by atomic mass is 32.2. The molecule has 0 aliphatic heterocycles. The highest BCUT2D eigenvalue weighted by molar-refractivity contribution is 7.86. The first-order valence-electron chi connectivity index (χ1n) is 3.57. The highest BCUT2D eigenvalue weighted by Crippen LogP contribution is 2.09. The second-order valence-corrected chi connectivity index (χ2v) is 3.75. The maximum atomic E-state index is 11.3. The summed E-state index contributed by atoms with van der Waals surface area (Å²) in [6.07, 6.45) is 2.05. The molecule has 0 spiro atoms. The fourth-order valence-electron chi connectivity index (χ4n) is 0.732. The molecule has 13 heavy (non-hydrogen) atoms. The monoisotopic (exact) mass is 196 g/mol. The van der Waals surface area contributed by atoms with E-state index in [0.29, 0.717) is 0 Å². The van der Waals surface area contributed by atoms with Crippen LogP contribution in [-0.2, 0) is 14.3 Å². The van der Waals surface area contributed by atoms with Crippen molar-refractivity contribution in [1.29, 1.82) is 0 Å². The van der Waals surface area contributed by atoms with E-state index in [4.69, 9.17) is 0 Å². The third kappa shape index (κ3) is 2.49. The van der Waals surface area contributed by atoms with Gasteiger partial charge in [-0.25, -0.2) is 0 Å². The van der Waals surface area contributed by atoms with E-state index in [-0.39, 0.29) is 4.90 Å². The minimum absolute atomic E-state index is 0.109. The molecule has 0 fully saturated rings. The molecule has 0 aliphatic carbocycles. The van der Waals surface area contributed by atoms with Crippen LogP contribution >= 0.6 is 0 Å². The Morgan fingerprint density at radius 3 is 2.38 bits per heavy atom. The van der Waals surface area contributed by atoms with Crippen LogP contribution in [-0.4, -0.2) is 8.42 Å². The van der Waals surface area contributed by atoms with Gasteiger partial charge in [-0.2, -0.15) is 8.42 Å². The van der Waals surface area contributed by atoms with E-state index in [0.717, 1.165) is 0 Å². The van der Waals surface area contributed by atoms with Crippen LogP contribution in [0.25, 0.3) is 0 Å². The molecule has 1 aromatic rings. The van der Waals surface area contributed by atoms with Crippen molar-refractivity contribution in [2.45, 2.75) is 11.8 Å². The summed E-state index contributed by atoms with van der Waals surface area (Å²) < 4.78 is 26.9. The number of hydrogen-bond donors (Lipinski definition) is 0. The molecule has 1 aromatic carbocycles. The summed E-state index contributed by atoms with van der Waals surface area (Å²) in [5.41, 5.74) is 0. The first kappa shape index (κ1) is 9.62. The van der Waals surface area contributed by atoms with Gasteiger partial charge in [0.2, 0.25) is 0 Å². The zero-order valence-corrected chi connectivity index (χ0v) is 7.84. The van der Waals surface area contributed by atoms with Crippen LogP contribution in [0.1, 0.15) is 6.92 Å². The summed E-state index contributed by atoms with van der Waals surface area (Å²) in [4.78, 5) is 0.109. The zero-order chi connectivity index (χ0) is 9.73. The molecule has 0 heterocycles. The number of hydrogen-bond acceptors (Lipinski definition) is 3. The van der Waals surface area contributed by atoms with Gasteiger partial charge in [-0.05, 0) is 12.1 Å². The van der Waals surface area contributed by atoms with Gasteiger partial charge in [0.25, 0.3) is 0 Å². The van der Waals surface area contributed by atoms with Gasteiger partial charge in [0.1, 0.15) is 11.0 Å². The lowest BCUT2D eigenvalue weighted by atomic mass is 10.4. The Balaban J connectivity index is 3.00. The molecule has 0 aromatic heterocycles. The van der Waals surface area contributed by atoms with Gasteiger partial charge >= 0.3 is 10.1 Å². The third-order valence-corrected chi connectivity index (χ3v) is 2.44. The molecule has 0 N–H and O–H groups in total. The van der Waals surface area contributed by atoms with Gasteiger partial charge in [0.15, 0.2) is 0 Å². The fraction of sp³-hybridized carbons (Fsp3) is 0.111. The van der Waals surface area contributed by atoms with Gasteiger partial charge in [-0.15, -0.1) is 0 Å². The van der Waals surface area contributed by atoms with Gasteiger partial charge in [-0.3, -0.25) is 0 Å². The van der Waals surface area contributed by atoms with Crippen LogP contribution < -0.4 is 0 Å². The Morgan fingerprint density at radius 2 is 1.85 bits per heavy atom. The Morgan fingerprint density at radius 1 is 1.23 bits per heavy atom. The maximum absolute atomic E-state index is 11.3. The largest absolute Gasteiger partial charge is 0.347 e. The summed E-state index contributed by atoms with van der Waals surface area (Å²) in [5, 5.41) is 0. The van der Waals surface area contributed by atoms with Crippen LogP contribution in [0.15, 0.2) is 35.2 Å². The molecule has 0 aliphatic rings. The summed E-state index contributed by atoms with van der Waals surface area (Å²) in [5.74, 6) is 2.34. The Bertz CT molecular complexity index is 423. The molecule has 0 atom stereocenters. The average Bonchev–Trinajstić information content (AvgIpc) is 2.16. The van der Waals surface area contributed by atoms with E-state index in [1.54, 1.807) is 18.2 Å². The smallest absolute Gasteiger partial charge is 0.324 e. The third-order valence-electron chi connectivity index (χ3n) is 1.29. The maximum Gasteiger partial charge on any atom is 0.347 e. The van der Waals surface area contributed by atoms with Gasteiger partial charge in [-0.1, -0.05) is 24.1 Å². The fourth-order valence-corrected chi connectivity index (χ4v) is 1.51. The van der Waals surface area contributed by atoms with E-state index < -0.39 is 10.1 Å². The Hall–Kier alpha value is -1.47. The average molecular weight is 196 g/mol. The van der Waals surface area contributed by atoms with Crippen molar-refractivity contribution >= 4 is 10.1 Å². The molecule has 0 bridgehead atoms. The van der Waals surface area contributed by atoms with Crippen molar-refractivity contribution in [2.75, 3.05) is 0 Å². The minimum Gasteiger partial charge on any atom is -0.324 e. The molecule has 0 saturated carbocycles. The SMILES string of the molecule is CC#COS(=O)(=O)c1ccccc1. The molecule has 0 amide bonds. The van der Waals surface area contributed by atoms with Crippen molar-refractivity contribution < 1.29 is 12.6 Å². The van der Waals surface area contributed by atoms with Crippen molar-refractivity contribution in [3.05, 3.63) is 30.3 Å². The summed E-state index contributed by atoms with van der Waals surface area (Å²) in [6.45, 7) is 1.50. The van der Waals surface area contributed by atoms with Crippen molar-refractivity contribution in [1.82, 2.24) is 0 Å². The van der Waals surface area contributed by atoms with Crippen LogP contribution in [0, 0.1) is 12.0 Å². The lowest BCUT2D eigenvalue weighted by Crippen LogP contribution is -2.01. The standard InChI is InChI=1S/C9H8O3S/c1-2-8-12-13(10,11)9-6-4-3-5-7-9/h3-7H,1H3. The van der Waals surface area contributed by atoms with E-state index >= 15 is 0 Å². The minimum atomic E-state index is -3.70. The van der Waals surface area contributed by atoms with Crippen molar-refractivity contribution in [3.63, 3.8) is 0 Å². The molecular formula is C9H8O3S. The Labute approximate surface area is 77.5 Å². The summed E-state index contributed by atoms with van der Waals surface area (Å²) in [6, 6.07) is 7.87. The summed E-state index contributed by atoms with van der Waals surface area (Å²) in [7, 11) is -3.70. The van der Waals surface area contributed by atoms with Crippen LogP contribution in [0.4, 0.5) is 0 Å². The van der Waals surface area contributed by atoms with E-state index in [1.807, 2.05) is 6.11 Å². The van der Waals surface area contributed by atoms with E-state index in [2.05, 4.69) is 10.1 Å². The predicted octanol–water partition coefficient (Wildman–Crippen LogP) is 1.37. The lowest BCUT2D eigenvalue weighted by Gasteiger charge is -1.98. The Kier molecular flexibility index (Phi) is 2.93. The first-order chi connectivity index (χ1) is 6.17. The van der Waals surface area contributed by atoms with E-state index in [1.165, 1.54) is 19.1 Å². The first-order valence-corrected chi connectivity index (χ1v) is 4.98. The van der Waals surface area contributed by atoms with Crippen LogP contribution in [0.2, 0.25) is 0 Å². The molecule has 0 radical (unpaired) electrons. The quantitative estimate of drug-likeness (QED) is 0.530. The molecular weight excluding hydrogens is 188 g/mol. The number of benzene rings is 1. The topological polar surface area (TPSA) is 43.4 Å². The molecule has 4 heteroatoms. The predicted molar refractivity (Wildman–Crippen MR) is 48.2 cm³/mol. The van der Waals surface area contributed by atoms with Gasteiger partial charge in [0, 0.05) is 6.92 Å². The molecule has 0 unspecified atom stereocenters. The molecule has 1 rings (SSSR count). The molecule has 0 saturated heterocycles. The van der Waals surface area contributed by atoms with E-state index in [9.17, 15) is 8.42 Å². The van der Waals surface area contributed by atoms with Gasteiger partial charge < -0.3 is 4.18 Å². The van der Waals surface area contributed by atoms with Gasteiger partial charge in [0.05, 0.1) is 0 Å². The highest BCUT2D eigenvalue weighted by Gasteiger charge is 2.12. The second-order valence-electron chi connectivity index (χ2n) is 2.20. The second kappa shape index (κ2) is 3.97. The molecule has 3 nitrogen and oxygen atoms in total. The van der Waals surface area contributed by atoms with Crippen LogP contribution in [0.3, 0.4) is 0 Å². The van der Waals surface area contributed by atoms with Crippen molar-refractivity contribution in [3.8, 4) is 12.0 Å².